The van der Waals surface area contributed by atoms with Gasteiger partial charge in [0, 0.05) is 35.9 Å². The Morgan fingerprint density at radius 2 is 2.00 bits per heavy atom. The number of imidazole rings is 1. The number of carbonyl (C=O) groups is 1. The number of nitrogens with zero attached hydrogens (tertiary/aromatic N) is 1. The molecule has 1 amide bonds. The van der Waals surface area contributed by atoms with E-state index in [-0.39, 0.29) is 11.6 Å². The van der Waals surface area contributed by atoms with Crippen molar-refractivity contribution in [2.24, 2.45) is 7.05 Å². The van der Waals surface area contributed by atoms with Gasteiger partial charge in [-0.25, -0.2) is 4.79 Å². The second-order valence-electron chi connectivity index (χ2n) is 5.88. The number of hydrogen-bond donors (Lipinski definition) is 3. The minimum absolute atomic E-state index is 0.214. The van der Waals surface area contributed by atoms with Crippen LogP contribution in [0.2, 0.25) is 0 Å². The zero-order chi connectivity index (χ0) is 16.8. The molecule has 24 heavy (non-hydrogen) atoms. The Hall–Kier alpha value is -2.38. The molecule has 3 N–H and O–H groups in total. The number of nitrogens with one attached hydrogen (secondary N) is 3. The zero-order valence-corrected chi connectivity index (χ0v) is 14.5. The molecule has 0 atom stereocenters. The Morgan fingerprint density at radius 1 is 1.21 bits per heavy atom. The van der Waals surface area contributed by atoms with Crippen molar-refractivity contribution in [2.75, 3.05) is 5.32 Å². The second-order valence-corrected chi connectivity index (χ2v) is 6.74. The fraction of sp³-hybridized carbons (Fsp3) is 0.176. The summed E-state index contributed by atoms with van der Waals surface area (Å²) in [5, 5.41) is 6.20. The number of benzene rings is 2. The van der Waals surface area contributed by atoms with Crippen LogP contribution in [0.3, 0.4) is 0 Å². The summed E-state index contributed by atoms with van der Waals surface area (Å²) in [6, 6.07) is 9.33. The van der Waals surface area contributed by atoms with Crippen molar-refractivity contribution in [3.8, 4) is 0 Å². The summed E-state index contributed by atoms with van der Waals surface area (Å²) in [7, 11) is 1.68. The largest absolute Gasteiger partial charge is 0.326 e. The van der Waals surface area contributed by atoms with Crippen molar-refractivity contribution in [3.63, 3.8) is 0 Å². The lowest BCUT2D eigenvalue weighted by atomic mass is 10.1. The van der Waals surface area contributed by atoms with Crippen LogP contribution in [0.4, 0.5) is 5.69 Å². The highest BCUT2D eigenvalue weighted by molar-refractivity contribution is 9.10. The number of anilines is 1. The fourth-order valence-corrected chi connectivity index (χ4v) is 3.77. The summed E-state index contributed by atoms with van der Waals surface area (Å²) in [5.41, 5.74) is 4.86. The third-order valence-corrected chi connectivity index (χ3v) is 4.91. The molecule has 122 valence electrons. The molecule has 0 saturated carbocycles. The monoisotopic (exact) mass is 386 g/mol. The van der Waals surface area contributed by atoms with E-state index >= 15 is 0 Å². The van der Waals surface area contributed by atoms with Gasteiger partial charge in [0.2, 0.25) is 0 Å². The highest BCUT2D eigenvalue weighted by Crippen LogP contribution is 2.25. The summed E-state index contributed by atoms with van der Waals surface area (Å²) in [5.74, 6) is -0.215. The Kier molecular flexibility index (Phi) is 3.54. The minimum atomic E-state index is -0.215. The van der Waals surface area contributed by atoms with Gasteiger partial charge in [-0.1, -0.05) is 6.07 Å². The van der Waals surface area contributed by atoms with Crippen LogP contribution < -0.4 is 16.3 Å². The van der Waals surface area contributed by atoms with Gasteiger partial charge < -0.3 is 15.6 Å². The molecule has 0 bridgehead atoms. The number of halogens is 1. The van der Waals surface area contributed by atoms with Gasteiger partial charge in [-0.05, 0) is 51.3 Å². The van der Waals surface area contributed by atoms with Gasteiger partial charge >= 0.3 is 5.69 Å². The molecular weight excluding hydrogens is 372 g/mol. The van der Waals surface area contributed by atoms with E-state index in [2.05, 4.69) is 31.5 Å². The molecule has 0 unspecified atom stereocenters. The molecule has 1 aromatic heterocycles. The lowest BCUT2D eigenvalue weighted by Crippen LogP contribution is -2.12. The molecule has 4 rings (SSSR count). The number of carbonyl (C=O) groups excluding carboxylic acids is 1. The van der Waals surface area contributed by atoms with Crippen molar-refractivity contribution in [1.29, 1.82) is 0 Å². The lowest BCUT2D eigenvalue weighted by molar-refractivity contribution is 0.102. The van der Waals surface area contributed by atoms with Crippen molar-refractivity contribution in [2.45, 2.75) is 13.1 Å². The number of rotatable bonds is 2. The smallest absolute Gasteiger partial charge is 0.322 e. The standard InChI is InChI=1S/C17H15BrN4O2/c1-22-15-13(18)5-10(6-14(15)21-17(22)24)16(23)20-12-3-2-9-7-19-8-11(9)4-12/h2-6,19H,7-8H2,1H3,(H,20,23)(H,21,24). The van der Waals surface area contributed by atoms with Crippen LogP contribution in [0.5, 0.6) is 0 Å². The molecule has 3 aromatic rings. The van der Waals surface area contributed by atoms with Crippen molar-refractivity contribution in [1.82, 2.24) is 14.9 Å². The van der Waals surface area contributed by atoms with E-state index in [1.807, 2.05) is 18.2 Å². The molecule has 6 nitrogen and oxygen atoms in total. The third kappa shape index (κ3) is 2.46. The predicted octanol–water partition coefficient (Wildman–Crippen LogP) is 2.48. The van der Waals surface area contributed by atoms with Crippen molar-refractivity contribution in [3.05, 3.63) is 62.0 Å². The van der Waals surface area contributed by atoms with Crippen molar-refractivity contribution < 1.29 is 4.79 Å². The first-order valence-corrected chi connectivity index (χ1v) is 8.34. The van der Waals surface area contributed by atoms with E-state index in [0.29, 0.717) is 15.6 Å². The quantitative estimate of drug-likeness (QED) is 0.632. The maximum absolute atomic E-state index is 12.6. The normalized spacial score (nSPS) is 13.2. The maximum Gasteiger partial charge on any atom is 0.326 e. The SMILES string of the molecule is Cn1c(=O)[nH]c2cc(C(=O)Nc3ccc4c(c3)CNC4)cc(Br)c21. The molecule has 0 spiro atoms. The van der Waals surface area contributed by atoms with E-state index < -0.39 is 0 Å². The van der Waals surface area contributed by atoms with Crippen LogP contribution in [0.1, 0.15) is 21.5 Å². The number of aryl methyl sites for hydroxylation is 1. The summed E-state index contributed by atoms with van der Waals surface area (Å²) in [6.07, 6.45) is 0. The van der Waals surface area contributed by atoms with Gasteiger partial charge in [-0.2, -0.15) is 0 Å². The highest BCUT2D eigenvalue weighted by Gasteiger charge is 2.15. The Morgan fingerprint density at radius 3 is 2.83 bits per heavy atom. The molecular formula is C17H15BrN4O2. The first-order valence-electron chi connectivity index (χ1n) is 7.55. The van der Waals surface area contributed by atoms with Crippen LogP contribution in [-0.2, 0) is 20.1 Å². The zero-order valence-electron chi connectivity index (χ0n) is 12.9. The topological polar surface area (TPSA) is 78.9 Å². The van der Waals surface area contributed by atoms with E-state index in [9.17, 15) is 9.59 Å². The van der Waals surface area contributed by atoms with E-state index in [4.69, 9.17) is 0 Å². The first-order chi connectivity index (χ1) is 11.5. The molecule has 2 aromatic carbocycles. The van der Waals surface area contributed by atoms with Crippen LogP contribution >= 0.6 is 15.9 Å². The Bertz CT molecular complexity index is 1030. The van der Waals surface area contributed by atoms with Gasteiger partial charge in [0.15, 0.2) is 0 Å². The summed E-state index contributed by atoms with van der Waals surface area (Å²) >= 11 is 3.44. The van der Waals surface area contributed by atoms with Gasteiger partial charge in [0.25, 0.3) is 5.91 Å². The molecule has 0 saturated heterocycles. The lowest BCUT2D eigenvalue weighted by Gasteiger charge is -2.08. The number of aromatic amines is 1. The van der Waals surface area contributed by atoms with Crippen LogP contribution in [0, 0.1) is 0 Å². The van der Waals surface area contributed by atoms with Crippen LogP contribution in [0.25, 0.3) is 11.0 Å². The van der Waals surface area contributed by atoms with E-state index in [0.717, 1.165) is 24.3 Å². The summed E-state index contributed by atoms with van der Waals surface area (Å²) in [4.78, 5) is 27.1. The highest BCUT2D eigenvalue weighted by atomic mass is 79.9. The van der Waals surface area contributed by atoms with E-state index in [1.54, 1.807) is 19.2 Å². The van der Waals surface area contributed by atoms with Gasteiger partial charge in [0.05, 0.1) is 11.0 Å². The second kappa shape index (κ2) is 5.61. The van der Waals surface area contributed by atoms with Crippen molar-refractivity contribution >= 4 is 38.6 Å². The molecule has 0 aliphatic carbocycles. The predicted molar refractivity (Wildman–Crippen MR) is 96.2 cm³/mol. The third-order valence-electron chi connectivity index (χ3n) is 4.30. The maximum atomic E-state index is 12.6. The number of H-pyrrole nitrogens is 1. The van der Waals surface area contributed by atoms with Crippen LogP contribution in [0.15, 0.2) is 39.6 Å². The average molecular weight is 387 g/mol. The van der Waals surface area contributed by atoms with Gasteiger partial charge in [-0.15, -0.1) is 0 Å². The number of amides is 1. The molecule has 2 heterocycles. The Labute approximate surface area is 146 Å². The van der Waals surface area contributed by atoms with Crippen LogP contribution in [-0.4, -0.2) is 15.5 Å². The minimum Gasteiger partial charge on any atom is -0.322 e. The average Bonchev–Trinajstić information content (AvgIpc) is 3.12. The summed E-state index contributed by atoms with van der Waals surface area (Å²) < 4.78 is 2.21. The number of hydrogen-bond acceptors (Lipinski definition) is 3. The number of aromatic nitrogens is 2. The van der Waals surface area contributed by atoms with Gasteiger partial charge in [0.1, 0.15) is 0 Å². The molecule has 0 radical (unpaired) electrons. The molecule has 0 fully saturated rings. The first kappa shape index (κ1) is 15.2. The Balaban J connectivity index is 1.67. The van der Waals surface area contributed by atoms with E-state index in [1.165, 1.54) is 15.7 Å². The summed E-state index contributed by atoms with van der Waals surface area (Å²) in [6.45, 7) is 1.69. The molecule has 1 aliphatic rings. The van der Waals surface area contributed by atoms with Gasteiger partial charge in [-0.3, -0.25) is 9.36 Å². The fourth-order valence-electron chi connectivity index (χ4n) is 3.04. The molecule has 7 heteroatoms. The molecule has 1 aliphatic heterocycles. The number of fused-ring (bicyclic) bond motifs is 2.